The van der Waals surface area contributed by atoms with Gasteiger partial charge in [0.2, 0.25) is 6.10 Å². The minimum absolute atomic E-state index is 0.126. The summed E-state index contributed by atoms with van der Waals surface area (Å²) in [7, 11) is 0. The molecule has 0 aromatic rings. The first-order valence-corrected chi connectivity index (χ1v) is 3.01. The predicted octanol–water partition coefficient (Wildman–Crippen LogP) is -0.753. The van der Waals surface area contributed by atoms with Crippen molar-refractivity contribution in [2.75, 3.05) is 0 Å². The molecule has 1 rings (SSSR count). The first kappa shape index (κ1) is 7.71. The highest BCUT2D eigenvalue weighted by Crippen LogP contribution is 2.18. The van der Waals surface area contributed by atoms with E-state index in [0.717, 1.165) is 0 Å². The molecular weight excluding hydrogens is 152 g/mol. The zero-order valence-electron chi connectivity index (χ0n) is 5.77. The minimum atomic E-state index is -1.06. The standard InChI is InChI=1S/C6H6O5/c1-3-4(10-2-7)6(9)11-5(3)8/h2-4H,1H3. The fraction of sp³-hybridized carbons (Fsp3) is 0.500. The lowest BCUT2D eigenvalue weighted by atomic mass is 10.1. The molecule has 5 heteroatoms. The highest BCUT2D eigenvalue weighted by Gasteiger charge is 2.42. The van der Waals surface area contributed by atoms with Crippen LogP contribution in [0.1, 0.15) is 6.92 Å². The summed E-state index contributed by atoms with van der Waals surface area (Å²) in [4.78, 5) is 31.1. The predicted molar refractivity (Wildman–Crippen MR) is 31.2 cm³/mol. The van der Waals surface area contributed by atoms with Gasteiger partial charge in [-0.15, -0.1) is 0 Å². The third-order valence-corrected chi connectivity index (χ3v) is 1.46. The normalized spacial score (nSPS) is 29.9. The molecule has 0 amide bonds. The summed E-state index contributed by atoms with van der Waals surface area (Å²) in [5.41, 5.74) is 0. The monoisotopic (exact) mass is 158 g/mol. The summed E-state index contributed by atoms with van der Waals surface area (Å²) in [5, 5.41) is 0. The van der Waals surface area contributed by atoms with Gasteiger partial charge >= 0.3 is 11.9 Å². The van der Waals surface area contributed by atoms with E-state index in [1.165, 1.54) is 6.92 Å². The van der Waals surface area contributed by atoms with Crippen molar-refractivity contribution in [1.82, 2.24) is 0 Å². The van der Waals surface area contributed by atoms with Crippen molar-refractivity contribution >= 4 is 18.4 Å². The van der Waals surface area contributed by atoms with E-state index in [2.05, 4.69) is 9.47 Å². The number of ether oxygens (including phenoxy) is 2. The van der Waals surface area contributed by atoms with Crippen molar-refractivity contribution in [2.24, 2.45) is 5.92 Å². The summed E-state index contributed by atoms with van der Waals surface area (Å²) in [6, 6.07) is 0. The Morgan fingerprint density at radius 1 is 1.45 bits per heavy atom. The number of rotatable bonds is 2. The zero-order chi connectivity index (χ0) is 8.43. The number of hydrogen-bond acceptors (Lipinski definition) is 5. The molecule has 5 nitrogen and oxygen atoms in total. The molecule has 1 aliphatic rings. The maximum atomic E-state index is 10.7. The Hall–Kier alpha value is -1.39. The molecule has 0 radical (unpaired) electrons. The van der Waals surface area contributed by atoms with Crippen molar-refractivity contribution in [1.29, 1.82) is 0 Å². The van der Waals surface area contributed by atoms with Gasteiger partial charge in [-0.3, -0.25) is 9.59 Å². The second-order valence-corrected chi connectivity index (χ2v) is 2.18. The molecular formula is C6H6O5. The molecule has 1 heterocycles. The van der Waals surface area contributed by atoms with E-state index < -0.39 is 24.0 Å². The number of cyclic esters (lactones) is 2. The molecule has 0 bridgehead atoms. The molecule has 2 atom stereocenters. The Labute approximate surface area is 62.3 Å². The zero-order valence-corrected chi connectivity index (χ0v) is 5.77. The third kappa shape index (κ3) is 1.21. The Morgan fingerprint density at radius 2 is 2.09 bits per heavy atom. The van der Waals surface area contributed by atoms with Gasteiger partial charge in [0, 0.05) is 0 Å². The number of esters is 2. The lowest BCUT2D eigenvalue weighted by molar-refractivity contribution is -0.157. The Morgan fingerprint density at radius 3 is 2.45 bits per heavy atom. The van der Waals surface area contributed by atoms with Crippen LogP contribution in [0, 0.1) is 5.92 Å². The van der Waals surface area contributed by atoms with Gasteiger partial charge in [0.15, 0.2) is 0 Å². The quantitative estimate of drug-likeness (QED) is 0.300. The average Bonchev–Trinajstić information content (AvgIpc) is 2.17. The molecule has 1 saturated heterocycles. The van der Waals surface area contributed by atoms with Gasteiger partial charge in [0.05, 0.1) is 0 Å². The number of carbonyl (C=O) groups is 3. The maximum absolute atomic E-state index is 10.7. The van der Waals surface area contributed by atoms with Crippen LogP contribution in [-0.2, 0) is 23.9 Å². The molecule has 0 N–H and O–H groups in total. The first-order chi connectivity index (χ1) is 5.16. The number of hydrogen-bond donors (Lipinski definition) is 0. The summed E-state index contributed by atoms with van der Waals surface area (Å²) >= 11 is 0. The van der Waals surface area contributed by atoms with Gasteiger partial charge in [-0.1, -0.05) is 0 Å². The lowest BCUT2D eigenvalue weighted by Crippen LogP contribution is -2.24. The topological polar surface area (TPSA) is 69.7 Å². The molecule has 11 heavy (non-hydrogen) atoms. The Balaban J connectivity index is 2.70. The van der Waals surface area contributed by atoms with Crippen LogP contribution in [0.4, 0.5) is 0 Å². The molecule has 60 valence electrons. The molecule has 0 spiro atoms. The van der Waals surface area contributed by atoms with Crippen LogP contribution < -0.4 is 0 Å². The summed E-state index contributed by atoms with van der Waals surface area (Å²) < 4.78 is 8.50. The molecule has 0 saturated carbocycles. The van der Waals surface area contributed by atoms with Crippen molar-refractivity contribution in [3.05, 3.63) is 0 Å². The molecule has 0 aromatic heterocycles. The summed E-state index contributed by atoms with van der Waals surface area (Å²) in [6.07, 6.45) is -1.06. The molecule has 0 aromatic carbocycles. The van der Waals surface area contributed by atoms with Gasteiger partial charge in [-0.2, -0.15) is 0 Å². The third-order valence-electron chi connectivity index (χ3n) is 1.46. The van der Waals surface area contributed by atoms with Crippen LogP contribution >= 0.6 is 0 Å². The van der Waals surface area contributed by atoms with E-state index in [0.29, 0.717) is 0 Å². The van der Waals surface area contributed by atoms with Crippen molar-refractivity contribution in [2.45, 2.75) is 13.0 Å². The summed E-state index contributed by atoms with van der Waals surface area (Å²) in [5.74, 6) is -2.14. The van der Waals surface area contributed by atoms with Crippen LogP contribution in [0.25, 0.3) is 0 Å². The van der Waals surface area contributed by atoms with Crippen LogP contribution in [0.15, 0.2) is 0 Å². The van der Waals surface area contributed by atoms with Gasteiger partial charge < -0.3 is 9.47 Å². The first-order valence-electron chi connectivity index (χ1n) is 3.01. The van der Waals surface area contributed by atoms with Crippen molar-refractivity contribution in [3.63, 3.8) is 0 Å². The van der Waals surface area contributed by atoms with Crippen molar-refractivity contribution < 1.29 is 23.9 Å². The smallest absolute Gasteiger partial charge is 0.356 e. The van der Waals surface area contributed by atoms with Crippen LogP contribution in [0.5, 0.6) is 0 Å². The van der Waals surface area contributed by atoms with Gasteiger partial charge in [0.25, 0.3) is 6.47 Å². The van der Waals surface area contributed by atoms with E-state index in [1.54, 1.807) is 0 Å². The van der Waals surface area contributed by atoms with E-state index >= 15 is 0 Å². The Bertz CT molecular complexity index is 209. The second kappa shape index (κ2) is 2.69. The molecule has 2 unspecified atom stereocenters. The van der Waals surface area contributed by atoms with Crippen LogP contribution in [-0.4, -0.2) is 24.5 Å². The van der Waals surface area contributed by atoms with Gasteiger partial charge in [0.1, 0.15) is 5.92 Å². The highest BCUT2D eigenvalue weighted by molar-refractivity contribution is 5.98. The van der Waals surface area contributed by atoms with Gasteiger partial charge in [-0.25, -0.2) is 4.79 Å². The van der Waals surface area contributed by atoms with E-state index in [9.17, 15) is 14.4 Å². The number of carbonyl (C=O) groups excluding carboxylic acids is 3. The van der Waals surface area contributed by atoms with E-state index in [-0.39, 0.29) is 6.47 Å². The molecule has 1 fully saturated rings. The lowest BCUT2D eigenvalue weighted by Gasteiger charge is -2.04. The minimum Gasteiger partial charge on any atom is -0.452 e. The largest absolute Gasteiger partial charge is 0.452 e. The average molecular weight is 158 g/mol. The Kier molecular flexibility index (Phi) is 1.89. The fourth-order valence-electron chi connectivity index (χ4n) is 0.811. The second-order valence-electron chi connectivity index (χ2n) is 2.18. The molecule has 0 aliphatic carbocycles. The summed E-state index contributed by atoms with van der Waals surface area (Å²) in [6.45, 7) is 1.59. The fourth-order valence-corrected chi connectivity index (χ4v) is 0.811. The SMILES string of the molecule is CC1C(=O)OC(=O)C1OC=O. The van der Waals surface area contributed by atoms with E-state index in [1.807, 2.05) is 0 Å². The van der Waals surface area contributed by atoms with Gasteiger partial charge in [-0.05, 0) is 6.92 Å². The van der Waals surface area contributed by atoms with Crippen LogP contribution in [0.3, 0.4) is 0 Å². The van der Waals surface area contributed by atoms with Crippen molar-refractivity contribution in [3.8, 4) is 0 Å². The molecule has 1 aliphatic heterocycles. The highest BCUT2D eigenvalue weighted by atomic mass is 16.6. The van der Waals surface area contributed by atoms with E-state index in [4.69, 9.17) is 0 Å². The maximum Gasteiger partial charge on any atom is 0.356 e. The van der Waals surface area contributed by atoms with Crippen LogP contribution in [0.2, 0.25) is 0 Å².